The minimum atomic E-state index is -0.639. The fourth-order valence-corrected chi connectivity index (χ4v) is 3.84. The molecule has 1 aromatic carbocycles. The molecule has 0 spiro atoms. The molecule has 178 valence electrons. The summed E-state index contributed by atoms with van der Waals surface area (Å²) >= 11 is 0. The van der Waals surface area contributed by atoms with Crippen LogP contribution in [0.3, 0.4) is 0 Å². The zero-order valence-corrected chi connectivity index (χ0v) is 19.4. The van der Waals surface area contributed by atoms with Gasteiger partial charge in [0.1, 0.15) is 17.7 Å². The van der Waals surface area contributed by atoms with Crippen LogP contribution in [0.4, 0.5) is 5.69 Å². The van der Waals surface area contributed by atoms with Crippen molar-refractivity contribution in [3.05, 3.63) is 35.5 Å². The van der Waals surface area contributed by atoms with Crippen molar-refractivity contribution in [3.8, 4) is 29.1 Å². The Hall–Kier alpha value is -3.64. The first-order chi connectivity index (χ1) is 16.5. The predicted octanol–water partition coefficient (Wildman–Crippen LogP) is 2.29. The van der Waals surface area contributed by atoms with E-state index < -0.39 is 5.97 Å². The number of carbonyl (C=O) groups excluding carboxylic acids is 2. The molecule has 4 rings (SSSR count). The summed E-state index contributed by atoms with van der Waals surface area (Å²) in [5.41, 5.74) is 7.58. The maximum atomic E-state index is 12.5. The minimum Gasteiger partial charge on any atom is -0.473 e. The highest BCUT2D eigenvalue weighted by atomic mass is 16.5. The topological polar surface area (TPSA) is 117 Å². The lowest BCUT2D eigenvalue weighted by Gasteiger charge is -2.23. The standard InChI is InChI=1S/C25H28N4O5/c1-3-33-25(31)21-20(26)23(34-19-10-13-32-14-11-19)28-22(27-21)18-6-4-5-16(15-18)7-8-17-9-12-29(2)24(17)30/h4-6,15,17,19H,3,9-14,26H2,1-2H3/t17-/m1/s1. The Balaban J connectivity index is 1.67. The lowest BCUT2D eigenvalue weighted by Crippen LogP contribution is -2.27. The van der Waals surface area contributed by atoms with Gasteiger partial charge in [-0.3, -0.25) is 4.79 Å². The SMILES string of the molecule is CCOC(=O)c1nc(-c2cccc(C#C[C@@H]3CCN(C)C3=O)c2)nc(OC2CCOCC2)c1N. The molecular weight excluding hydrogens is 436 g/mol. The number of benzene rings is 1. The van der Waals surface area contributed by atoms with Crippen LogP contribution in [0.2, 0.25) is 0 Å². The highest BCUT2D eigenvalue weighted by Gasteiger charge is 2.27. The molecule has 0 aliphatic carbocycles. The van der Waals surface area contributed by atoms with Crippen molar-refractivity contribution in [2.75, 3.05) is 39.1 Å². The summed E-state index contributed by atoms with van der Waals surface area (Å²) in [5.74, 6) is 5.68. The van der Waals surface area contributed by atoms with Crippen molar-refractivity contribution in [1.82, 2.24) is 14.9 Å². The van der Waals surface area contributed by atoms with E-state index in [1.165, 1.54) is 0 Å². The molecule has 0 unspecified atom stereocenters. The van der Waals surface area contributed by atoms with Gasteiger partial charge in [-0.05, 0) is 25.5 Å². The normalized spacial score (nSPS) is 18.4. The number of amides is 1. The molecule has 2 aliphatic rings. The largest absolute Gasteiger partial charge is 0.473 e. The highest BCUT2D eigenvalue weighted by molar-refractivity contribution is 5.94. The second-order valence-electron chi connectivity index (χ2n) is 8.22. The Labute approximate surface area is 198 Å². The number of likely N-dealkylation sites (tertiary alicyclic amines) is 1. The van der Waals surface area contributed by atoms with Gasteiger partial charge in [-0.1, -0.05) is 24.0 Å². The molecule has 2 aliphatic heterocycles. The summed E-state index contributed by atoms with van der Waals surface area (Å²) in [6, 6.07) is 7.31. The van der Waals surface area contributed by atoms with Gasteiger partial charge in [0.15, 0.2) is 11.5 Å². The molecule has 34 heavy (non-hydrogen) atoms. The summed E-state index contributed by atoms with van der Waals surface area (Å²) in [6.07, 6.45) is 2.01. The first-order valence-corrected chi connectivity index (χ1v) is 11.4. The average molecular weight is 465 g/mol. The summed E-state index contributed by atoms with van der Waals surface area (Å²) in [6.45, 7) is 3.79. The van der Waals surface area contributed by atoms with Gasteiger partial charge in [0.25, 0.3) is 0 Å². The first-order valence-electron chi connectivity index (χ1n) is 11.4. The number of esters is 1. The van der Waals surface area contributed by atoms with Gasteiger partial charge < -0.3 is 24.8 Å². The Morgan fingerprint density at radius 3 is 2.76 bits per heavy atom. The lowest BCUT2D eigenvalue weighted by molar-refractivity contribution is -0.128. The number of anilines is 1. The van der Waals surface area contributed by atoms with Crippen LogP contribution in [0.1, 0.15) is 42.2 Å². The van der Waals surface area contributed by atoms with Crippen molar-refractivity contribution in [3.63, 3.8) is 0 Å². The molecule has 0 radical (unpaired) electrons. The zero-order valence-electron chi connectivity index (χ0n) is 19.4. The Morgan fingerprint density at radius 2 is 2.06 bits per heavy atom. The smallest absolute Gasteiger partial charge is 0.359 e. The van der Waals surface area contributed by atoms with Crippen LogP contribution >= 0.6 is 0 Å². The molecule has 3 heterocycles. The van der Waals surface area contributed by atoms with Gasteiger partial charge in [-0.25, -0.2) is 9.78 Å². The number of hydrogen-bond donors (Lipinski definition) is 1. The fraction of sp³-hybridized carbons (Fsp3) is 0.440. The highest BCUT2D eigenvalue weighted by Crippen LogP contribution is 2.29. The quantitative estimate of drug-likeness (QED) is 0.529. The number of nitrogens with zero attached hydrogens (tertiary/aromatic N) is 3. The van der Waals surface area contributed by atoms with Crippen LogP contribution in [-0.4, -0.2) is 66.3 Å². The van der Waals surface area contributed by atoms with Crippen molar-refractivity contribution >= 4 is 17.6 Å². The molecule has 0 saturated carbocycles. The van der Waals surface area contributed by atoms with Crippen LogP contribution < -0.4 is 10.5 Å². The average Bonchev–Trinajstić information content (AvgIpc) is 3.17. The van der Waals surface area contributed by atoms with Gasteiger partial charge in [0.2, 0.25) is 11.8 Å². The zero-order chi connectivity index (χ0) is 24.1. The van der Waals surface area contributed by atoms with Crippen LogP contribution in [0.25, 0.3) is 11.4 Å². The summed E-state index contributed by atoms with van der Waals surface area (Å²) < 4.78 is 16.6. The maximum absolute atomic E-state index is 12.5. The number of nitrogens with two attached hydrogens (primary N) is 1. The number of rotatable bonds is 5. The summed E-state index contributed by atoms with van der Waals surface area (Å²) in [4.78, 5) is 35.3. The van der Waals surface area contributed by atoms with Crippen molar-refractivity contribution in [2.45, 2.75) is 32.3 Å². The molecule has 0 bridgehead atoms. The van der Waals surface area contributed by atoms with Crippen LogP contribution in [0, 0.1) is 17.8 Å². The Bertz CT molecular complexity index is 1130. The number of nitrogen functional groups attached to an aromatic ring is 1. The van der Waals surface area contributed by atoms with Crippen LogP contribution in [0.15, 0.2) is 24.3 Å². The molecular formula is C25H28N4O5. The van der Waals surface area contributed by atoms with E-state index in [2.05, 4.69) is 21.8 Å². The molecule has 9 heteroatoms. The van der Waals surface area contributed by atoms with Crippen molar-refractivity contribution in [1.29, 1.82) is 0 Å². The Kier molecular flexibility index (Phi) is 7.28. The number of aromatic nitrogens is 2. The van der Waals surface area contributed by atoms with Crippen LogP contribution in [-0.2, 0) is 14.3 Å². The lowest BCUT2D eigenvalue weighted by atomic mass is 10.1. The third-order valence-corrected chi connectivity index (χ3v) is 5.77. The predicted molar refractivity (Wildman–Crippen MR) is 125 cm³/mol. The van der Waals surface area contributed by atoms with Gasteiger partial charge in [-0.2, -0.15) is 4.98 Å². The van der Waals surface area contributed by atoms with E-state index >= 15 is 0 Å². The van der Waals surface area contributed by atoms with Gasteiger partial charge in [0.05, 0.1) is 19.8 Å². The van der Waals surface area contributed by atoms with Crippen molar-refractivity contribution < 1.29 is 23.8 Å². The second kappa shape index (κ2) is 10.5. The van der Waals surface area contributed by atoms with E-state index in [9.17, 15) is 9.59 Å². The van der Waals surface area contributed by atoms with E-state index in [-0.39, 0.29) is 47.6 Å². The van der Waals surface area contributed by atoms with Crippen LogP contribution in [0.5, 0.6) is 5.88 Å². The Morgan fingerprint density at radius 1 is 1.26 bits per heavy atom. The van der Waals surface area contributed by atoms with Crippen molar-refractivity contribution in [2.24, 2.45) is 5.92 Å². The van der Waals surface area contributed by atoms with E-state index in [1.54, 1.807) is 18.9 Å². The summed E-state index contributed by atoms with van der Waals surface area (Å²) in [7, 11) is 1.78. The van der Waals surface area contributed by atoms with E-state index in [0.717, 1.165) is 6.42 Å². The first kappa shape index (κ1) is 23.5. The molecule has 1 atom stereocenters. The third kappa shape index (κ3) is 5.29. The monoisotopic (exact) mass is 464 g/mol. The molecule has 2 fully saturated rings. The molecule has 2 saturated heterocycles. The minimum absolute atomic E-state index is 0.0370. The van der Waals surface area contributed by atoms with E-state index in [0.29, 0.717) is 43.7 Å². The van der Waals surface area contributed by atoms with E-state index in [4.69, 9.17) is 19.9 Å². The van der Waals surface area contributed by atoms with E-state index in [1.807, 2.05) is 24.3 Å². The number of carbonyl (C=O) groups is 2. The van der Waals surface area contributed by atoms with Gasteiger partial charge in [-0.15, -0.1) is 0 Å². The fourth-order valence-electron chi connectivity index (χ4n) is 3.84. The number of hydrogen-bond acceptors (Lipinski definition) is 8. The number of ether oxygens (including phenoxy) is 3. The third-order valence-electron chi connectivity index (χ3n) is 5.77. The summed E-state index contributed by atoms with van der Waals surface area (Å²) in [5, 5.41) is 0. The van der Waals surface area contributed by atoms with Gasteiger partial charge >= 0.3 is 5.97 Å². The maximum Gasteiger partial charge on any atom is 0.359 e. The molecule has 2 aromatic rings. The molecule has 1 aromatic heterocycles. The molecule has 9 nitrogen and oxygen atoms in total. The molecule has 2 N–H and O–H groups in total. The van der Waals surface area contributed by atoms with Gasteiger partial charge in [0, 0.05) is 37.6 Å². The molecule has 1 amide bonds. The second-order valence-corrected chi connectivity index (χ2v) is 8.22.